The van der Waals surface area contributed by atoms with Gasteiger partial charge in [0, 0.05) is 11.1 Å². The lowest BCUT2D eigenvalue weighted by Crippen LogP contribution is -1.63. The minimum Gasteiger partial charge on any atom is -0.253 e. The summed E-state index contributed by atoms with van der Waals surface area (Å²) in [5, 5.41) is 1.00. The van der Waals surface area contributed by atoms with Crippen molar-refractivity contribution in [3.05, 3.63) is 31.6 Å². The molecule has 0 spiro atoms. The lowest BCUT2D eigenvalue weighted by atomic mass is 10.4. The predicted octanol–water partition coefficient (Wildman–Crippen LogP) is 3.53. The van der Waals surface area contributed by atoms with E-state index < -0.39 is 0 Å². The molecular weight excluding hydrogens is 268 g/mol. The zero-order valence-electron chi connectivity index (χ0n) is 6.48. The van der Waals surface area contributed by atoms with E-state index in [1.165, 1.54) is 0 Å². The highest BCUT2D eigenvalue weighted by Gasteiger charge is 1.94. The van der Waals surface area contributed by atoms with Crippen molar-refractivity contribution in [3.63, 3.8) is 0 Å². The number of halogens is 1. The number of thiazole rings is 2. The van der Waals surface area contributed by atoms with Gasteiger partial charge in [-0.25, -0.2) is 4.98 Å². The van der Waals surface area contributed by atoms with Gasteiger partial charge >= 0.3 is 0 Å². The molecule has 2 nitrogen and oxygen atoms in total. The molecule has 0 fully saturated rings. The van der Waals surface area contributed by atoms with Gasteiger partial charge < -0.3 is 0 Å². The van der Waals surface area contributed by atoms with Crippen molar-refractivity contribution in [2.75, 3.05) is 0 Å². The Morgan fingerprint density at radius 2 is 2.23 bits per heavy atom. The van der Waals surface area contributed by atoms with Gasteiger partial charge in [-0.3, -0.25) is 4.98 Å². The van der Waals surface area contributed by atoms with E-state index in [2.05, 4.69) is 25.9 Å². The largest absolute Gasteiger partial charge is 0.253 e. The summed E-state index contributed by atoms with van der Waals surface area (Å²) in [6.45, 7) is 0. The van der Waals surface area contributed by atoms with Crippen molar-refractivity contribution >= 4 is 50.8 Å². The monoisotopic (exact) mass is 272 g/mol. The van der Waals surface area contributed by atoms with Gasteiger partial charge in [0.25, 0.3) is 0 Å². The lowest BCUT2D eigenvalue weighted by Gasteiger charge is -1.80. The topological polar surface area (TPSA) is 25.8 Å². The van der Waals surface area contributed by atoms with Crippen LogP contribution >= 0.6 is 38.6 Å². The molecule has 0 amide bonds. The highest BCUT2D eigenvalue weighted by atomic mass is 79.9. The first-order valence-electron chi connectivity index (χ1n) is 3.52. The van der Waals surface area contributed by atoms with Crippen LogP contribution in [0.5, 0.6) is 0 Å². The molecule has 2 aromatic heterocycles. The third-order valence-electron chi connectivity index (χ3n) is 1.34. The van der Waals surface area contributed by atoms with E-state index in [4.69, 9.17) is 0 Å². The van der Waals surface area contributed by atoms with E-state index in [1.807, 2.05) is 23.9 Å². The molecule has 66 valence electrons. The van der Waals surface area contributed by atoms with Gasteiger partial charge in [-0.05, 0) is 28.1 Å². The van der Waals surface area contributed by atoms with Gasteiger partial charge in [-0.15, -0.1) is 22.7 Å². The second kappa shape index (κ2) is 4.13. The number of aromatic nitrogens is 2. The molecule has 2 aromatic rings. The Bertz CT molecular complexity index is 405. The van der Waals surface area contributed by atoms with Gasteiger partial charge in [-0.2, -0.15) is 0 Å². The fourth-order valence-corrected chi connectivity index (χ4v) is 2.46. The molecule has 2 rings (SSSR count). The fourth-order valence-electron chi connectivity index (χ4n) is 0.805. The van der Waals surface area contributed by atoms with E-state index in [1.54, 1.807) is 28.9 Å². The van der Waals surface area contributed by atoms with Crippen LogP contribution in [0.2, 0.25) is 0 Å². The van der Waals surface area contributed by atoms with Gasteiger partial charge in [0.05, 0.1) is 15.5 Å². The van der Waals surface area contributed by atoms with Crippen molar-refractivity contribution < 1.29 is 0 Å². The van der Waals surface area contributed by atoms with Crippen molar-refractivity contribution in [1.82, 2.24) is 9.97 Å². The second-order valence-electron chi connectivity index (χ2n) is 2.24. The van der Waals surface area contributed by atoms with Gasteiger partial charge in [0.15, 0.2) is 0 Å². The van der Waals surface area contributed by atoms with E-state index in [0.29, 0.717) is 0 Å². The summed E-state index contributed by atoms with van der Waals surface area (Å²) in [5.74, 6) is 0. The summed E-state index contributed by atoms with van der Waals surface area (Å²) in [7, 11) is 0. The Labute approximate surface area is 92.1 Å². The molecule has 0 unspecified atom stereocenters. The molecular formula is C8H5BrN2S2. The summed E-state index contributed by atoms with van der Waals surface area (Å²) in [6.07, 6.45) is 7.65. The molecule has 0 aliphatic rings. The zero-order valence-corrected chi connectivity index (χ0v) is 9.69. The van der Waals surface area contributed by atoms with Crippen molar-refractivity contribution in [2.45, 2.75) is 0 Å². The number of nitrogens with zero attached hydrogens (tertiary/aromatic N) is 2. The van der Waals surface area contributed by atoms with Crippen molar-refractivity contribution in [1.29, 1.82) is 0 Å². The van der Waals surface area contributed by atoms with Crippen LogP contribution in [0.3, 0.4) is 0 Å². The van der Waals surface area contributed by atoms with Crippen LogP contribution in [0.4, 0.5) is 0 Å². The Hall–Kier alpha value is -0.520. The Balaban J connectivity index is 2.14. The van der Waals surface area contributed by atoms with Crippen LogP contribution in [0, 0.1) is 0 Å². The van der Waals surface area contributed by atoms with Gasteiger partial charge in [0.1, 0.15) is 5.01 Å². The van der Waals surface area contributed by atoms with Crippen molar-refractivity contribution in [3.8, 4) is 0 Å². The van der Waals surface area contributed by atoms with Crippen molar-refractivity contribution in [2.24, 2.45) is 0 Å². The molecule has 0 aromatic carbocycles. The third-order valence-corrected chi connectivity index (χ3v) is 3.52. The molecule has 0 bridgehead atoms. The minimum atomic E-state index is 1.00. The molecule has 5 heteroatoms. The Morgan fingerprint density at radius 3 is 2.85 bits per heavy atom. The van der Waals surface area contributed by atoms with Crippen LogP contribution < -0.4 is 0 Å². The fraction of sp³-hybridized carbons (Fsp3) is 0. The minimum absolute atomic E-state index is 1.00. The molecule has 0 aliphatic carbocycles. The predicted molar refractivity (Wildman–Crippen MR) is 60.9 cm³/mol. The molecule has 0 saturated carbocycles. The lowest BCUT2D eigenvalue weighted by molar-refractivity contribution is 1.39. The van der Waals surface area contributed by atoms with Crippen LogP contribution in [-0.4, -0.2) is 9.97 Å². The van der Waals surface area contributed by atoms with E-state index in [0.717, 1.165) is 13.7 Å². The quantitative estimate of drug-likeness (QED) is 0.836. The molecule has 0 atom stereocenters. The maximum Gasteiger partial charge on any atom is 0.117 e. The normalized spacial score (nSPS) is 11.2. The number of hydrogen-bond donors (Lipinski definition) is 0. The van der Waals surface area contributed by atoms with E-state index >= 15 is 0 Å². The molecule has 2 heterocycles. The molecule has 0 N–H and O–H groups in total. The number of rotatable bonds is 2. The maximum absolute atomic E-state index is 4.18. The second-order valence-corrected chi connectivity index (χ2v) is 5.60. The zero-order chi connectivity index (χ0) is 9.10. The first kappa shape index (κ1) is 9.05. The van der Waals surface area contributed by atoms with E-state index in [-0.39, 0.29) is 0 Å². The first-order valence-corrected chi connectivity index (χ1v) is 6.01. The van der Waals surface area contributed by atoms with Crippen LogP contribution in [0.1, 0.15) is 9.88 Å². The Morgan fingerprint density at radius 1 is 1.31 bits per heavy atom. The Kier molecular flexibility index (Phi) is 2.87. The molecule has 0 aliphatic heterocycles. The summed E-state index contributed by atoms with van der Waals surface area (Å²) < 4.78 is 1.05. The average molecular weight is 273 g/mol. The van der Waals surface area contributed by atoms with Crippen LogP contribution in [0.25, 0.3) is 12.2 Å². The SMILES string of the molecule is Brc1cnc(/C=C/c2cncs2)s1. The average Bonchev–Trinajstić information content (AvgIpc) is 2.71. The molecule has 13 heavy (non-hydrogen) atoms. The maximum atomic E-state index is 4.18. The summed E-state index contributed by atoms with van der Waals surface area (Å²) in [5.41, 5.74) is 1.82. The summed E-state index contributed by atoms with van der Waals surface area (Å²) in [4.78, 5) is 9.31. The summed E-state index contributed by atoms with van der Waals surface area (Å²) >= 11 is 6.59. The highest BCUT2D eigenvalue weighted by molar-refractivity contribution is 9.11. The molecule has 0 radical (unpaired) electrons. The highest BCUT2D eigenvalue weighted by Crippen LogP contribution is 2.21. The standard InChI is InChI=1S/C8H5BrN2S2/c9-7-4-11-8(13-7)2-1-6-3-10-5-12-6/h1-5H/b2-1+. The number of hydrogen-bond acceptors (Lipinski definition) is 4. The summed E-state index contributed by atoms with van der Waals surface area (Å²) in [6, 6.07) is 0. The van der Waals surface area contributed by atoms with Gasteiger partial charge in [0.2, 0.25) is 0 Å². The molecule has 0 saturated heterocycles. The first-order chi connectivity index (χ1) is 6.34. The smallest absolute Gasteiger partial charge is 0.117 e. The van der Waals surface area contributed by atoms with Gasteiger partial charge in [-0.1, -0.05) is 0 Å². The van der Waals surface area contributed by atoms with Crippen LogP contribution in [-0.2, 0) is 0 Å². The van der Waals surface area contributed by atoms with E-state index in [9.17, 15) is 0 Å². The third kappa shape index (κ3) is 2.46. The van der Waals surface area contributed by atoms with Crippen LogP contribution in [0.15, 0.2) is 21.7 Å².